The maximum absolute atomic E-state index is 12.7. The predicted molar refractivity (Wildman–Crippen MR) is 106 cm³/mol. The highest BCUT2D eigenvalue weighted by molar-refractivity contribution is 9.10. The summed E-state index contributed by atoms with van der Waals surface area (Å²) < 4.78 is 6.29. The Bertz CT molecular complexity index is 742. The van der Waals surface area contributed by atoms with Crippen molar-refractivity contribution in [2.45, 2.75) is 26.2 Å². The van der Waals surface area contributed by atoms with Crippen LogP contribution < -0.4 is 15.0 Å². The minimum absolute atomic E-state index is 0.117. The summed E-state index contributed by atoms with van der Waals surface area (Å²) in [4.78, 5) is 15.0. The molecule has 1 fully saturated rings. The van der Waals surface area contributed by atoms with Gasteiger partial charge >= 0.3 is 0 Å². The van der Waals surface area contributed by atoms with E-state index in [-0.39, 0.29) is 5.91 Å². The molecule has 0 bridgehead atoms. The van der Waals surface area contributed by atoms with Crippen LogP contribution in [0.15, 0.2) is 46.9 Å². The molecule has 0 atom stereocenters. The van der Waals surface area contributed by atoms with Gasteiger partial charge in [0.2, 0.25) is 0 Å². The van der Waals surface area contributed by atoms with Gasteiger partial charge in [0.05, 0.1) is 22.5 Å². The molecule has 0 aliphatic carbocycles. The lowest BCUT2D eigenvalue weighted by atomic mass is 10.1. The fourth-order valence-electron chi connectivity index (χ4n) is 3.10. The van der Waals surface area contributed by atoms with Crippen LogP contribution >= 0.6 is 15.9 Å². The lowest BCUT2D eigenvalue weighted by Gasteiger charge is -2.30. The zero-order valence-electron chi connectivity index (χ0n) is 14.4. The van der Waals surface area contributed by atoms with Crippen molar-refractivity contribution in [3.05, 3.63) is 52.5 Å². The summed E-state index contributed by atoms with van der Waals surface area (Å²) in [6.07, 6.45) is 3.69. The molecule has 1 N–H and O–H groups in total. The van der Waals surface area contributed by atoms with Gasteiger partial charge in [-0.1, -0.05) is 12.1 Å². The molecular formula is C20H23BrN2O2. The van der Waals surface area contributed by atoms with Gasteiger partial charge in [-0.2, -0.15) is 0 Å². The SMILES string of the molecule is CCOc1ccc(C(=O)Nc2ccccc2N2CCCCC2)cc1Br. The highest BCUT2D eigenvalue weighted by Crippen LogP contribution is 2.30. The van der Waals surface area contributed by atoms with Crippen molar-refractivity contribution in [3.63, 3.8) is 0 Å². The first-order valence-electron chi connectivity index (χ1n) is 8.76. The highest BCUT2D eigenvalue weighted by Gasteiger charge is 2.16. The Balaban J connectivity index is 1.78. The van der Waals surface area contributed by atoms with E-state index in [9.17, 15) is 4.79 Å². The Kier molecular flexibility index (Phi) is 5.97. The molecule has 1 aliphatic rings. The molecule has 0 spiro atoms. The molecule has 4 nitrogen and oxygen atoms in total. The first-order chi connectivity index (χ1) is 12.2. The van der Waals surface area contributed by atoms with Crippen molar-refractivity contribution in [2.75, 3.05) is 29.9 Å². The lowest BCUT2D eigenvalue weighted by Crippen LogP contribution is -2.30. The largest absolute Gasteiger partial charge is 0.493 e. The van der Waals surface area contributed by atoms with Crippen LogP contribution in [0.4, 0.5) is 11.4 Å². The molecule has 1 aliphatic heterocycles. The number of hydrogen-bond donors (Lipinski definition) is 1. The molecule has 3 rings (SSSR count). The van der Waals surface area contributed by atoms with Gasteiger partial charge in [0.15, 0.2) is 0 Å². The van der Waals surface area contributed by atoms with Gasteiger partial charge in [0.25, 0.3) is 5.91 Å². The number of nitrogens with zero attached hydrogens (tertiary/aromatic N) is 1. The highest BCUT2D eigenvalue weighted by atomic mass is 79.9. The quantitative estimate of drug-likeness (QED) is 0.756. The number of halogens is 1. The number of carbonyl (C=O) groups is 1. The van der Waals surface area contributed by atoms with E-state index in [4.69, 9.17) is 4.74 Å². The zero-order chi connectivity index (χ0) is 17.6. The van der Waals surface area contributed by atoms with Gasteiger partial charge in [0.1, 0.15) is 5.75 Å². The number of ether oxygens (including phenoxy) is 1. The fraction of sp³-hybridized carbons (Fsp3) is 0.350. The summed E-state index contributed by atoms with van der Waals surface area (Å²) in [6, 6.07) is 13.4. The van der Waals surface area contributed by atoms with Crippen LogP contribution in [0, 0.1) is 0 Å². The van der Waals surface area contributed by atoms with E-state index in [1.165, 1.54) is 19.3 Å². The average molecular weight is 403 g/mol. The summed E-state index contributed by atoms with van der Waals surface area (Å²) in [5.74, 6) is 0.626. The van der Waals surface area contributed by atoms with Crippen LogP contribution in [0.3, 0.4) is 0 Å². The van der Waals surface area contributed by atoms with Gasteiger partial charge in [-0.15, -0.1) is 0 Å². The molecule has 5 heteroatoms. The predicted octanol–water partition coefficient (Wildman–Crippen LogP) is 5.09. The normalized spacial score (nSPS) is 14.2. The number of carbonyl (C=O) groups excluding carboxylic acids is 1. The van der Waals surface area contributed by atoms with Crippen molar-refractivity contribution in [2.24, 2.45) is 0 Å². The number of para-hydroxylation sites is 2. The van der Waals surface area contributed by atoms with E-state index in [2.05, 4.69) is 32.2 Å². The molecule has 25 heavy (non-hydrogen) atoms. The molecule has 2 aromatic rings. The summed E-state index contributed by atoms with van der Waals surface area (Å²) in [7, 11) is 0. The zero-order valence-corrected chi connectivity index (χ0v) is 16.0. The van der Waals surface area contributed by atoms with Crippen LogP contribution in [0.25, 0.3) is 0 Å². The Morgan fingerprint density at radius 3 is 2.64 bits per heavy atom. The number of nitrogens with one attached hydrogen (secondary N) is 1. The average Bonchev–Trinajstić information content (AvgIpc) is 2.64. The fourth-order valence-corrected chi connectivity index (χ4v) is 3.59. The third-order valence-corrected chi connectivity index (χ3v) is 4.96. The number of hydrogen-bond acceptors (Lipinski definition) is 3. The second-order valence-corrected chi connectivity index (χ2v) is 6.95. The number of amides is 1. The van der Waals surface area contributed by atoms with Crippen LogP contribution in [0.2, 0.25) is 0 Å². The van der Waals surface area contributed by atoms with Crippen LogP contribution in [-0.4, -0.2) is 25.6 Å². The number of rotatable bonds is 5. The van der Waals surface area contributed by atoms with E-state index in [1.54, 1.807) is 12.1 Å². The topological polar surface area (TPSA) is 41.6 Å². The van der Waals surface area contributed by atoms with Crippen molar-refractivity contribution in [1.82, 2.24) is 0 Å². The molecule has 2 aromatic carbocycles. The van der Waals surface area contributed by atoms with Crippen LogP contribution in [0.1, 0.15) is 36.5 Å². The number of benzene rings is 2. The number of piperidine rings is 1. The van der Waals surface area contributed by atoms with E-state index in [0.717, 1.165) is 34.7 Å². The maximum atomic E-state index is 12.7. The van der Waals surface area contributed by atoms with Gasteiger partial charge in [-0.3, -0.25) is 4.79 Å². The van der Waals surface area contributed by atoms with E-state index >= 15 is 0 Å². The summed E-state index contributed by atoms with van der Waals surface area (Å²) in [5, 5.41) is 3.06. The third-order valence-electron chi connectivity index (χ3n) is 4.34. The van der Waals surface area contributed by atoms with E-state index in [1.807, 2.05) is 31.2 Å². The summed E-state index contributed by atoms with van der Waals surface area (Å²) in [5.41, 5.74) is 2.56. The maximum Gasteiger partial charge on any atom is 0.255 e. The Morgan fingerprint density at radius 2 is 1.92 bits per heavy atom. The molecule has 0 radical (unpaired) electrons. The monoisotopic (exact) mass is 402 g/mol. The minimum atomic E-state index is -0.117. The van der Waals surface area contributed by atoms with Crippen molar-refractivity contribution < 1.29 is 9.53 Å². The molecule has 1 saturated heterocycles. The first kappa shape index (κ1) is 17.8. The van der Waals surface area contributed by atoms with E-state index < -0.39 is 0 Å². The minimum Gasteiger partial charge on any atom is -0.493 e. The molecule has 0 aromatic heterocycles. The lowest BCUT2D eigenvalue weighted by molar-refractivity contribution is 0.102. The molecule has 1 heterocycles. The molecule has 132 valence electrons. The second kappa shape index (κ2) is 8.39. The van der Waals surface area contributed by atoms with E-state index in [0.29, 0.717) is 12.2 Å². The second-order valence-electron chi connectivity index (χ2n) is 6.10. The van der Waals surface area contributed by atoms with Crippen LogP contribution in [0.5, 0.6) is 5.75 Å². The van der Waals surface area contributed by atoms with Gasteiger partial charge in [-0.25, -0.2) is 0 Å². The van der Waals surface area contributed by atoms with Crippen LogP contribution in [-0.2, 0) is 0 Å². The van der Waals surface area contributed by atoms with Crippen molar-refractivity contribution >= 4 is 33.2 Å². The van der Waals surface area contributed by atoms with Crippen molar-refractivity contribution in [1.29, 1.82) is 0 Å². The smallest absolute Gasteiger partial charge is 0.255 e. The van der Waals surface area contributed by atoms with Gasteiger partial charge in [0, 0.05) is 18.7 Å². The molecular weight excluding hydrogens is 380 g/mol. The summed E-state index contributed by atoms with van der Waals surface area (Å²) in [6.45, 7) is 4.61. The van der Waals surface area contributed by atoms with Gasteiger partial charge < -0.3 is 15.0 Å². The van der Waals surface area contributed by atoms with Crippen molar-refractivity contribution in [3.8, 4) is 5.75 Å². The first-order valence-corrected chi connectivity index (χ1v) is 9.56. The Labute approximate surface area is 157 Å². The molecule has 0 unspecified atom stereocenters. The number of anilines is 2. The Hall–Kier alpha value is -2.01. The Morgan fingerprint density at radius 1 is 1.16 bits per heavy atom. The summed E-state index contributed by atoms with van der Waals surface area (Å²) >= 11 is 3.47. The molecule has 1 amide bonds. The standard InChI is InChI=1S/C20H23BrN2O2/c1-2-25-19-11-10-15(14-16(19)21)20(24)22-17-8-4-5-9-18(17)23-12-6-3-7-13-23/h4-5,8-11,14H,2-3,6-7,12-13H2,1H3,(H,22,24). The third kappa shape index (κ3) is 4.34. The van der Waals surface area contributed by atoms with Gasteiger partial charge in [-0.05, 0) is 72.4 Å². The molecule has 0 saturated carbocycles.